The first kappa shape index (κ1) is 25.5. The van der Waals surface area contributed by atoms with Gasteiger partial charge in [-0.15, -0.1) is 0 Å². The summed E-state index contributed by atoms with van der Waals surface area (Å²) in [6.07, 6.45) is 0. The van der Waals surface area contributed by atoms with Crippen LogP contribution in [0.15, 0.2) is 72.8 Å². The van der Waals surface area contributed by atoms with Gasteiger partial charge in [0.2, 0.25) is 0 Å². The quantitative estimate of drug-likeness (QED) is 0.256. The number of hydrogen-bond acceptors (Lipinski definition) is 4. The summed E-state index contributed by atoms with van der Waals surface area (Å²) >= 11 is 26.0. The summed E-state index contributed by atoms with van der Waals surface area (Å²) in [6.45, 7) is 3.73. The van der Waals surface area contributed by atoms with E-state index < -0.39 is 0 Å². The number of hydrogen-bond donors (Lipinski definition) is 0. The third-order valence-corrected chi connectivity index (χ3v) is 7.57. The molecule has 0 atom stereocenters. The second-order valence-corrected chi connectivity index (χ2v) is 10.6. The van der Waals surface area contributed by atoms with Crippen LogP contribution in [0.1, 0.15) is 33.9 Å². The molecule has 2 aromatic heterocycles. The molecule has 2 aromatic carbocycles. The summed E-state index contributed by atoms with van der Waals surface area (Å²) in [5, 5.41) is 2.63. The lowest BCUT2D eigenvalue weighted by Gasteiger charge is -2.26. The van der Waals surface area contributed by atoms with Crippen LogP contribution in [0, 0.1) is 0 Å². The van der Waals surface area contributed by atoms with E-state index in [9.17, 15) is 0 Å². The molecule has 0 spiro atoms. The molecular weight excluding hydrogens is 534 g/mol. The van der Waals surface area contributed by atoms with E-state index in [0.29, 0.717) is 59.4 Å². The van der Waals surface area contributed by atoms with Gasteiger partial charge >= 0.3 is 0 Å². The van der Waals surface area contributed by atoms with Crippen molar-refractivity contribution >= 4 is 46.4 Å². The van der Waals surface area contributed by atoms with Gasteiger partial charge in [-0.25, -0.2) is 0 Å². The van der Waals surface area contributed by atoms with Gasteiger partial charge < -0.3 is 0 Å². The molecule has 4 aromatic rings. The Morgan fingerprint density at radius 1 is 0.472 bits per heavy atom. The van der Waals surface area contributed by atoms with E-state index in [2.05, 4.69) is 46.2 Å². The predicted octanol–water partition coefficient (Wildman–Crippen LogP) is 7.81. The molecule has 0 saturated heterocycles. The summed E-state index contributed by atoms with van der Waals surface area (Å²) in [5.41, 5.74) is 5.71. The highest BCUT2D eigenvalue weighted by molar-refractivity contribution is 6.36. The minimum absolute atomic E-state index is 0.591. The zero-order chi connectivity index (χ0) is 25.1. The van der Waals surface area contributed by atoms with E-state index in [4.69, 9.17) is 56.4 Å². The predicted molar refractivity (Wildman–Crippen MR) is 147 cm³/mol. The molecular formula is C28H24Cl4N4. The third kappa shape index (κ3) is 6.20. The minimum atomic E-state index is 0.591. The van der Waals surface area contributed by atoms with Crippen molar-refractivity contribution in [2.75, 3.05) is 0 Å². The van der Waals surface area contributed by atoms with Crippen LogP contribution in [0.5, 0.6) is 0 Å². The summed E-state index contributed by atoms with van der Waals surface area (Å²) in [7, 11) is 0. The Hall–Kier alpha value is -2.18. The summed E-state index contributed by atoms with van der Waals surface area (Å²) in [6, 6.07) is 23.5. The van der Waals surface area contributed by atoms with Crippen molar-refractivity contribution in [3.05, 3.63) is 127 Å². The molecule has 184 valence electrons. The van der Waals surface area contributed by atoms with Crippen LogP contribution in [-0.4, -0.2) is 19.8 Å². The SMILES string of the molecule is Clc1cccc(Cl)c1CN1Cc2cccc(n2)CN(Cc2c(Cl)cccc2Cl)Cc2cccc(n2)C1. The van der Waals surface area contributed by atoms with Gasteiger partial charge in [0, 0.05) is 70.5 Å². The van der Waals surface area contributed by atoms with E-state index >= 15 is 0 Å². The van der Waals surface area contributed by atoms with E-state index in [1.807, 2.05) is 36.4 Å². The number of rotatable bonds is 4. The number of halogens is 4. The molecule has 0 aliphatic carbocycles. The Labute approximate surface area is 231 Å². The lowest BCUT2D eigenvalue weighted by Crippen LogP contribution is -2.27. The van der Waals surface area contributed by atoms with Gasteiger partial charge in [-0.05, 0) is 48.5 Å². The minimum Gasteiger partial charge on any atom is -0.287 e. The van der Waals surface area contributed by atoms with Crippen molar-refractivity contribution in [1.82, 2.24) is 19.8 Å². The van der Waals surface area contributed by atoms with Gasteiger partial charge in [-0.3, -0.25) is 19.8 Å². The van der Waals surface area contributed by atoms with Crippen LogP contribution >= 0.6 is 46.4 Å². The zero-order valence-electron chi connectivity index (χ0n) is 19.5. The van der Waals surface area contributed by atoms with Crippen LogP contribution in [0.4, 0.5) is 0 Å². The van der Waals surface area contributed by atoms with Crippen LogP contribution < -0.4 is 0 Å². The summed E-state index contributed by atoms with van der Waals surface area (Å²) in [5.74, 6) is 0. The average molecular weight is 558 g/mol. The lowest BCUT2D eigenvalue weighted by atomic mass is 10.1. The number of pyridine rings is 2. The van der Waals surface area contributed by atoms with Crippen molar-refractivity contribution < 1.29 is 0 Å². The average Bonchev–Trinajstić information content (AvgIpc) is 2.84. The molecule has 0 unspecified atom stereocenters. The fraction of sp³-hybridized carbons (Fsp3) is 0.214. The summed E-state index contributed by atoms with van der Waals surface area (Å²) < 4.78 is 0. The standard InChI is InChI=1S/C28H24Cl4N4/c29-25-9-3-10-26(30)23(25)17-35-13-19-5-1-6-20(33-19)14-36(16-22-8-2-7-21(15-35)34-22)18-24-27(31)11-4-12-28(24)32/h1-12H,13-18H2. The molecule has 4 nitrogen and oxygen atoms in total. The van der Waals surface area contributed by atoms with Crippen LogP contribution in [0.2, 0.25) is 20.1 Å². The molecule has 0 N–H and O–H groups in total. The Bertz CT molecular complexity index is 1190. The van der Waals surface area contributed by atoms with Crippen LogP contribution in [-0.2, 0) is 39.3 Å². The lowest BCUT2D eigenvalue weighted by molar-refractivity contribution is 0.228. The highest BCUT2D eigenvalue weighted by atomic mass is 35.5. The highest BCUT2D eigenvalue weighted by Crippen LogP contribution is 2.29. The fourth-order valence-electron chi connectivity index (χ4n) is 4.48. The maximum absolute atomic E-state index is 6.50. The van der Waals surface area contributed by atoms with E-state index in [0.717, 1.165) is 33.9 Å². The van der Waals surface area contributed by atoms with Crippen LogP contribution in [0.25, 0.3) is 0 Å². The van der Waals surface area contributed by atoms with E-state index in [1.54, 1.807) is 0 Å². The molecule has 8 heteroatoms. The van der Waals surface area contributed by atoms with E-state index in [1.165, 1.54) is 0 Å². The first-order chi connectivity index (χ1) is 17.4. The normalized spacial score (nSPS) is 14.8. The first-order valence-corrected chi connectivity index (χ1v) is 13.2. The topological polar surface area (TPSA) is 32.3 Å². The molecule has 1 aliphatic rings. The Kier molecular flexibility index (Phi) is 8.12. The Morgan fingerprint density at radius 2 is 0.750 bits per heavy atom. The molecule has 36 heavy (non-hydrogen) atoms. The number of aromatic nitrogens is 2. The monoisotopic (exact) mass is 556 g/mol. The van der Waals surface area contributed by atoms with Gasteiger partial charge in [0.05, 0.1) is 22.8 Å². The molecule has 5 rings (SSSR count). The van der Waals surface area contributed by atoms with E-state index in [-0.39, 0.29) is 0 Å². The zero-order valence-corrected chi connectivity index (χ0v) is 22.5. The second kappa shape index (κ2) is 11.5. The maximum Gasteiger partial charge on any atom is 0.0548 e. The summed E-state index contributed by atoms with van der Waals surface area (Å²) in [4.78, 5) is 14.5. The Balaban J connectivity index is 1.48. The molecule has 0 amide bonds. The number of fused-ring (bicyclic) bond motifs is 4. The number of benzene rings is 2. The molecule has 1 aliphatic heterocycles. The van der Waals surface area contributed by atoms with Gasteiger partial charge in [0.15, 0.2) is 0 Å². The highest BCUT2D eigenvalue weighted by Gasteiger charge is 2.18. The van der Waals surface area contributed by atoms with Gasteiger partial charge in [0.1, 0.15) is 0 Å². The molecule has 0 saturated carbocycles. The number of nitrogens with zero attached hydrogens (tertiary/aromatic N) is 4. The third-order valence-electron chi connectivity index (χ3n) is 6.16. The fourth-order valence-corrected chi connectivity index (χ4v) is 5.51. The van der Waals surface area contributed by atoms with Gasteiger partial charge in [0.25, 0.3) is 0 Å². The van der Waals surface area contributed by atoms with Crippen molar-refractivity contribution in [2.24, 2.45) is 0 Å². The largest absolute Gasteiger partial charge is 0.287 e. The van der Waals surface area contributed by atoms with Crippen molar-refractivity contribution in [1.29, 1.82) is 0 Å². The Morgan fingerprint density at radius 3 is 1.06 bits per heavy atom. The van der Waals surface area contributed by atoms with Gasteiger partial charge in [-0.2, -0.15) is 0 Å². The maximum atomic E-state index is 6.50. The van der Waals surface area contributed by atoms with Crippen molar-refractivity contribution in [3.63, 3.8) is 0 Å². The molecule has 0 radical (unpaired) electrons. The smallest absolute Gasteiger partial charge is 0.0548 e. The molecule has 3 heterocycles. The molecule has 4 bridgehead atoms. The van der Waals surface area contributed by atoms with Crippen molar-refractivity contribution in [3.8, 4) is 0 Å². The van der Waals surface area contributed by atoms with Crippen molar-refractivity contribution in [2.45, 2.75) is 39.3 Å². The first-order valence-electron chi connectivity index (χ1n) is 11.6. The van der Waals surface area contributed by atoms with Crippen LogP contribution in [0.3, 0.4) is 0 Å². The molecule has 0 fully saturated rings. The van der Waals surface area contributed by atoms with Gasteiger partial charge in [-0.1, -0.05) is 70.7 Å². The second-order valence-electron chi connectivity index (χ2n) is 8.93.